The van der Waals surface area contributed by atoms with Crippen molar-refractivity contribution in [1.82, 2.24) is 4.98 Å². The van der Waals surface area contributed by atoms with E-state index in [-0.39, 0.29) is 12.5 Å². The molecule has 1 aliphatic carbocycles. The zero-order chi connectivity index (χ0) is 23.7. The normalized spacial score (nSPS) is 13.3. The Morgan fingerprint density at radius 3 is 2.74 bits per heavy atom. The molecule has 0 saturated heterocycles. The summed E-state index contributed by atoms with van der Waals surface area (Å²) in [4.78, 5) is 32.2. The number of fused-ring (bicyclic) bond motifs is 2. The topological polar surface area (TPSA) is 94.3 Å². The Morgan fingerprint density at radius 2 is 1.94 bits per heavy atom. The Balaban J connectivity index is 1.50. The number of carbonyl (C=O) groups is 2. The van der Waals surface area contributed by atoms with Gasteiger partial charge in [0.15, 0.2) is 0 Å². The van der Waals surface area contributed by atoms with Crippen LogP contribution in [0.2, 0.25) is 0 Å². The van der Waals surface area contributed by atoms with Crippen molar-refractivity contribution in [2.24, 2.45) is 0 Å². The van der Waals surface area contributed by atoms with E-state index in [1.165, 1.54) is 34.7 Å². The fourth-order valence-corrected chi connectivity index (χ4v) is 6.29. The van der Waals surface area contributed by atoms with E-state index in [0.29, 0.717) is 21.1 Å². The van der Waals surface area contributed by atoms with E-state index in [2.05, 4.69) is 11.4 Å². The number of carbonyl (C=O) groups excluding carboxylic acids is 2. The summed E-state index contributed by atoms with van der Waals surface area (Å²) in [6, 6.07) is 11.7. The van der Waals surface area contributed by atoms with E-state index in [1.54, 1.807) is 6.92 Å². The van der Waals surface area contributed by atoms with Crippen LogP contribution in [0.1, 0.15) is 57.5 Å². The van der Waals surface area contributed by atoms with Crippen LogP contribution in [0, 0.1) is 0 Å². The van der Waals surface area contributed by atoms with Crippen LogP contribution in [0.3, 0.4) is 0 Å². The second-order valence-corrected chi connectivity index (χ2v) is 10.1. The summed E-state index contributed by atoms with van der Waals surface area (Å²) in [5.41, 5.74) is 11.2. The zero-order valence-corrected chi connectivity index (χ0v) is 20.5. The highest BCUT2D eigenvalue weighted by atomic mass is 32.1. The van der Waals surface area contributed by atoms with Crippen LogP contribution in [0.15, 0.2) is 41.8 Å². The van der Waals surface area contributed by atoms with Crippen molar-refractivity contribution >= 4 is 55.5 Å². The summed E-state index contributed by atoms with van der Waals surface area (Å²) in [5, 5.41) is 6.06. The summed E-state index contributed by atoms with van der Waals surface area (Å²) in [5.74, 6) is -0.810. The lowest BCUT2D eigenvalue weighted by Gasteiger charge is -2.08. The maximum atomic E-state index is 13.3. The number of ether oxygens (including phenoxy) is 1. The molecule has 0 unspecified atom stereocenters. The number of nitrogens with zero attached hydrogens (tertiary/aromatic N) is 1. The van der Waals surface area contributed by atoms with Gasteiger partial charge in [0.05, 0.1) is 12.3 Å². The molecular formula is C26H25N3O3S2. The minimum atomic E-state index is -0.465. The lowest BCUT2D eigenvalue weighted by Crippen LogP contribution is -2.14. The smallest absolute Gasteiger partial charge is 0.341 e. The highest BCUT2D eigenvalue weighted by Crippen LogP contribution is 2.39. The molecular weight excluding hydrogens is 466 g/mol. The predicted octanol–water partition coefficient (Wildman–Crippen LogP) is 6.30. The van der Waals surface area contributed by atoms with Crippen LogP contribution in [0.4, 0.5) is 10.7 Å². The van der Waals surface area contributed by atoms with Gasteiger partial charge in [0.25, 0.3) is 5.91 Å². The number of hydrogen-bond acceptors (Lipinski definition) is 7. The Hall–Kier alpha value is -3.23. The second-order valence-electron chi connectivity index (χ2n) is 8.25. The molecule has 8 heteroatoms. The fourth-order valence-electron chi connectivity index (χ4n) is 4.35. The third kappa shape index (κ3) is 4.19. The van der Waals surface area contributed by atoms with E-state index in [1.807, 2.05) is 35.7 Å². The molecule has 0 bridgehead atoms. The Bertz CT molecular complexity index is 1380. The monoisotopic (exact) mass is 491 g/mol. The second kappa shape index (κ2) is 9.56. The number of esters is 1. The number of anilines is 2. The van der Waals surface area contributed by atoms with Crippen LogP contribution in [-0.2, 0) is 17.6 Å². The highest BCUT2D eigenvalue weighted by molar-refractivity contribution is 7.21. The van der Waals surface area contributed by atoms with Gasteiger partial charge >= 0.3 is 5.97 Å². The van der Waals surface area contributed by atoms with Gasteiger partial charge in [-0.15, -0.1) is 22.7 Å². The summed E-state index contributed by atoms with van der Waals surface area (Å²) >= 11 is 2.60. The molecule has 0 spiro atoms. The molecule has 0 aliphatic heterocycles. The maximum absolute atomic E-state index is 13.3. The summed E-state index contributed by atoms with van der Waals surface area (Å²) < 4.78 is 5.30. The van der Waals surface area contributed by atoms with Gasteiger partial charge in [0.1, 0.15) is 20.3 Å². The lowest BCUT2D eigenvalue weighted by molar-refractivity contribution is 0.0529. The van der Waals surface area contributed by atoms with E-state index in [9.17, 15) is 9.59 Å². The third-order valence-corrected chi connectivity index (χ3v) is 8.05. The van der Waals surface area contributed by atoms with Crippen LogP contribution in [0.25, 0.3) is 21.3 Å². The van der Waals surface area contributed by atoms with Crippen LogP contribution >= 0.6 is 22.7 Å². The number of hydrogen-bond donors (Lipinski definition) is 2. The highest BCUT2D eigenvalue weighted by Gasteiger charge is 2.25. The maximum Gasteiger partial charge on any atom is 0.341 e. The minimum Gasteiger partial charge on any atom is -0.462 e. The number of benzene rings is 1. The van der Waals surface area contributed by atoms with Crippen LogP contribution < -0.4 is 11.1 Å². The van der Waals surface area contributed by atoms with Gasteiger partial charge in [-0.3, -0.25) is 4.79 Å². The number of nitrogen functional groups attached to an aromatic ring is 1. The number of aromatic nitrogens is 1. The van der Waals surface area contributed by atoms with E-state index < -0.39 is 5.97 Å². The van der Waals surface area contributed by atoms with Crippen molar-refractivity contribution < 1.29 is 14.3 Å². The summed E-state index contributed by atoms with van der Waals surface area (Å²) in [7, 11) is 0. The molecule has 3 aromatic heterocycles. The number of pyridine rings is 1. The number of thiophene rings is 2. The largest absolute Gasteiger partial charge is 0.462 e. The number of rotatable bonds is 5. The molecule has 0 radical (unpaired) electrons. The van der Waals surface area contributed by atoms with Crippen LogP contribution in [0.5, 0.6) is 0 Å². The molecule has 0 fully saturated rings. The minimum absolute atomic E-state index is 0.246. The molecule has 1 aromatic carbocycles. The lowest BCUT2D eigenvalue weighted by atomic mass is 10.0. The first-order valence-corrected chi connectivity index (χ1v) is 13.1. The van der Waals surface area contributed by atoms with Crippen LogP contribution in [-0.4, -0.2) is 23.5 Å². The van der Waals surface area contributed by atoms with Gasteiger partial charge < -0.3 is 15.8 Å². The van der Waals surface area contributed by atoms with Crippen molar-refractivity contribution in [3.05, 3.63) is 63.5 Å². The molecule has 34 heavy (non-hydrogen) atoms. The number of nitrogens with one attached hydrogen (secondary N) is 1. The van der Waals surface area contributed by atoms with Gasteiger partial charge in [-0.1, -0.05) is 36.8 Å². The average molecular weight is 492 g/mol. The third-order valence-electron chi connectivity index (χ3n) is 6.04. The molecule has 6 nitrogen and oxygen atoms in total. The standard InChI is InChI=1S/C26H25N3O3S2/c1-2-32-26(31)20-18(15-9-5-3-6-10-15)14-33-25(20)29-23(30)22-21(27)17-13-16-11-7-4-8-12-19(16)28-24(17)34-22/h3,5-6,9-10,13-14H,2,4,7-8,11-12,27H2,1H3,(H,29,30). The summed E-state index contributed by atoms with van der Waals surface area (Å²) in [6.07, 6.45) is 5.46. The van der Waals surface area contributed by atoms with Gasteiger partial charge in [0.2, 0.25) is 0 Å². The van der Waals surface area contributed by atoms with Crippen molar-refractivity contribution in [3.63, 3.8) is 0 Å². The van der Waals surface area contributed by atoms with Gasteiger partial charge in [-0.05, 0) is 49.8 Å². The van der Waals surface area contributed by atoms with Gasteiger partial charge in [0, 0.05) is 22.0 Å². The van der Waals surface area contributed by atoms with E-state index in [0.717, 1.165) is 52.7 Å². The Morgan fingerprint density at radius 1 is 1.15 bits per heavy atom. The number of aryl methyl sites for hydroxylation is 2. The predicted molar refractivity (Wildman–Crippen MR) is 139 cm³/mol. The molecule has 1 amide bonds. The first-order chi connectivity index (χ1) is 16.6. The number of amides is 1. The van der Waals surface area contributed by atoms with Crippen molar-refractivity contribution in [2.75, 3.05) is 17.7 Å². The number of nitrogens with two attached hydrogens (primary N) is 1. The SMILES string of the molecule is CCOC(=O)c1c(-c2ccccc2)csc1NC(=O)c1sc2nc3c(cc2c1N)CCCCC3. The Labute approximate surface area is 205 Å². The molecule has 5 rings (SSSR count). The first-order valence-electron chi connectivity index (χ1n) is 11.4. The molecule has 3 N–H and O–H groups in total. The molecule has 0 saturated carbocycles. The van der Waals surface area contributed by atoms with E-state index in [4.69, 9.17) is 15.5 Å². The molecule has 3 heterocycles. The molecule has 1 aliphatic rings. The Kier molecular flexibility index (Phi) is 6.34. The molecule has 4 aromatic rings. The average Bonchev–Trinajstić information content (AvgIpc) is 3.31. The fraction of sp³-hybridized carbons (Fsp3) is 0.269. The summed E-state index contributed by atoms with van der Waals surface area (Å²) in [6.45, 7) is 2.01. The first kappa shape index (κ1) is 22.6. The van der Waals surface area contributed by atoms with Crippen molar-refractivity contribution in [2.45, 2.75) is 39.0 Å². The van der Waals surface area contributed by atoms with Gasteiger partial charge in [-0.2, -0.15) is 0 Å². The zero-order valence-electron chi connectivity index (χ0n) is 18.8. The quantitative estimate of drug-likeness (QED) is 0.252. The van der Waals surface area contributed by atoms with Crippen molar-refractivity contribution in [1.29, 1.82) is 0 Å². The van der Waals surface area contributed by atoms with Gasteiger partial charge in [-0.25, -0.2) is 9.78 Å². The molecule has 0 atom stereocenters. The van der Waals surface area contributed by atoms with E-state index >= 15 is 0 Å². The van der Waals surface area contributed by atoms with Crippen molar-refractivity contribution in [3.8, 4) is 11.1 Å². The molecule has 174 valence electrons.